The zero-order chi connectivity index (χ0) is 19.3. The van der Waals surface area contributed by atoms with Gasteiger partial charge in [0.15, 0.2) is 5.54 Å². The molecule has 2 aromatic carbocycles. The number of esters is 1. The summed E-state index contributed by atoms with van der Waals surface area (Å²) in [6, 6.07) is 17.2. The number of aromatic nitrogens is 2. The van der Waals surface area contributed by atoms with E-state index in [1.807, 2.05) is 48.7 Å². The molecule has 1 aliphatic heterocycles. The SMILES string of the molecule is COC(=O)C1(c2ccc(N)cc2)Nc2ccccc2-c2ccnc3[nH]cc1c23. The molecule has 28 heavy (non-hydrogen) atoms. The van der Waals surface area contributed by atoms with Gasteiger partial charge < -0.3 is 20.8 Å². The van der Waals surface area contributed by atoms with Gasteiger partial charge in [-0.05, 0) is 35.4 Å². The van der Waals surface area contributed by atoms with Gasteiger partial charge in [-0.2, -0.15) is 0 Å². The fourth-order valence-electron chi connectivity index (χ4n) is 4.07. The number of rotatable bonds is 2. The number of methoxy groups -OCH3 is 1. The number of nitrogens with zero attached hydrogens (tertiary/aromatic N) is 1. The molecular weight excluding hydrogens is 352 g/mol. The Bertz CT molecular complexity index is 1210. The Morgan fingerprint density at radius 3 is 2.64 bits per heavy atom. The molecule has 0 bridgehead atoms. The molecule has 6 heteroatoms. The van der Waals surface area contributed by atoms with E-state index in [1.165, 1.54) is 7.11 Å². The molecule has 0 spiro atoms. The Hall–Kier alpha value is -3.80. The second kappa shape index (κ2) is 5.85. The summed E-state index contributed by atoms with van der Waals surface area (Å²) in [4.78, 5) is 21.0. The molecule has 3 heterocycles. The van der Waals surface area contributed by atoms with Gasteiger partial charge in [0.25, 0.3) is 0 Å². The quantitative estimate of drug-likeness (QED) is 0.370. The van der Waals surface area contributed by atoms with Crippen LogP contribution in [0.4, 0.5) is 11.4 Å². The summed E-state index contributed by atoms with van der Waals surface area (Å²) in [5, 5.41) is 4.38. The number of fused-ring (bicyclic) bond motifs is 2. The van der Waals surface area contributed by atoms with E-state index in [2.05, 4.69) is 15.3 Å². The van der Waals surface area contributed by atoms with Crippen molar-refractivity contribution in [1.29, 1.82) is 0 Å². The number of nitrogens with two attached hydrogens (primary N) is 1. The van der Waals surface area contributed by atoms with Crippen LogP contribution in [0.5, 0.6) is 0 Å². The van der Waals surface area contributed by atoms with E-state index in [0.29, 0.717) is 5.69 Å². The maximum Gasteiger partial charge on any atom is 0.341 e. The van der Waals surface area contributed by atoms with Crippen molar-refractivity contribution in [3.63, 3.8) is 0 Å². The highest BCUT2D eigenvalue weighted by molar-refractivity contribution is 6.07. The van der Waals surface area contributed by atoms with Gasteiger partial charge in [0, 0.05) is 40.3 Å². The molecule has 1 aliphatic rings. The number of anilines is 2. The molecule has 138 valence electrons. The van der Waals surface area contributed by atoms with E-state index < -0.39 is 11.5 Å². The number of benzene rings is 2. The first-order valence-corrected chi connectivity index (χ1v) is 8.94. The largest absolute Gasteiger partial charge is 0.467 e. The number of H-pyrrole nitrogens is 1. The minimum absolute atomic E-state index is 0.412. The third-order valence-electron chi connectivity index (χ3n) is 5.35. The number of nitrogens with one attached hydrogen (secondary N) is 2. The zero-order valence-corrected chi connectivity index (χ0v) is 15.2. The zero-order valence-electron chi connectivity index (χ0n) is 15.2. The van der Waals surface area contributed by atoms with Gasteiger partial charge in [-0.15, -0.1) is 0 Å². The Balaban J connectivity index is 1.95. The lowest BCUT2D eigenvalue weighted by atomic mass is 9.82. The van der Waals surface area contributed by atoms with Crippen LogP contribution in [0.1, 0.15) is 11.1 Å². The number of nitrogen functional groups attached to an aromatic ring is 1. The summed E-state index contributed by atoms with van der Waals surface area (Å²) in [7, 11) is 1.40. The van der Waals surface area contributed by atoms with Crippen LogP contribution in [0, 0.1) is 0 Å². The van der Waals surface area contributed by atoms with Gasteiger partial charge in [-0.3, -0.25) is 0 Å². The second-order valence-corrected chi connectivity index (χ2v) is 6.82. The summed E-state index contributed by atoms with van der Waals surface area (Å²) < 4.78 is 5.30. The van der Waals surface area contributed by atoms with Gasteiger partial charge in [-0.1, -0.05) is 30.3 Å². The van der Waals surface area contributed by atoms with Crippen LogP contribution < -0.4 is 11.1 Å². The summed E-state index contributed by atoms with van der Waals surface area (Å²) in [6.07, 6.45) is 3.59. The van der Waals surface area contributed by atoms with Crippen LogP contribution in [0.25, 0.3) is 22.2 Å². The van der Waals surface area contributed by atoms with E-state index in [0.717, 1.165) is 39.0 Å². The number of pyridine rings is 1. The first kappa shape index (κ1) is 16.4. The van der Waals surface area contributed by atoms with Crippen LogP contribution in [0.15, 0.2) is 67.0 Å². The fourth-order valence-corrected chi connectivity index (χ4v) is 4.07. The molecule has 2 aromatic heterocycles. The van der Waals surface area contributed by atoms with Crippen molar-refractivity contribution < 1.29 is 9.53 Å². The van der Waals surface area contributed by atoms with Crippen molar-refractivity contribution >= 4 is 28.4 Å². The molecule has 0 saturated heterocycles. The molecule has 1 unspecified atom stereocenters. The van der Waals surface area contributed by atoms with Gasteiger partial charge in [0.05, 0.1) is 7.11 Å². The van der Waals surface area contributed by atoms with E-state index in [9.17, 15) is 4.79 Å². The van der Waals surface area contributed by atoms with E-state index in [1.54, 1.807) is 18.3 Å². The Kier molecular flexibility index (Phi) is 3.42. The maximum absolute atomic E-state index is 13.3. The molecule has 0 aliphatic carbocycles. The maximum atomic E-state index is 13.3. The van der Waals surface area contributed by atoms with Crippen LogP contribution in [-0.4, -0.2) is 23.0 Å². The summed E-state index contributed by atoms with van der Waals surface area (Å²) in [5.74, 6) is -0.412. The van der Waals surface area contributed by atoms with Crippen LogP contribution >= 0.6 is 0 Å². The number of carbonyl (C=O) groups is 1. The molecular formula is C22H18N4O2. The first-order chi connectivity index (χ1) is 13.6. The number of hydrogen-bond donors (Lipinski definition) is 3. The fraction of sp³-hybridized carbons (Fsp3) is 0.0909. The van der Waals surface area contributed by atoms with Crippen molar-refractivity contribution in [2.24, 2.45) is 0 Å². The number of ether oxygens (including phenoxy) is 1. The Morgan fingerprint density at radius 1 is 1.07 bits per heavy atom. The predicted octanol–water partition coefficient (Wildman–Crippen LogP) is 3.65. The van der Waals surface area contributed by atoms with Crippen LogP contribution in [-0.2, 0) is 15.1 Å². The van der Waals surface area contributed by atoms with Gasteiger partial charge in [0.2, 0.25) is 0 Å². The van der Waals surface area contributed by atoms with Crippen LogP contribution in [0.3, 0.4) is 0 Å². The van der Waals surface area contributed by atoms with Crippen molar-refractivity contribution in [2.75, 3.05) is 18.2 Å². The smallest absolute Gasteiger partial charge is 0.341 e. The van der Waals surface area contributed by atoms with Crippen molar-refractivity contribution in [1.82, 2.24) is 9.97 Å². The highest BCUT2D eigenvalue weighted by Crippen LogP contribution is 2.47. The molecule has 0 radical (unpaired) electrons. The standard InChI is InChI=1S/C22H18N4O2/c1-28-21(27)22(13-6-8-14(23)9-7-13)17-12-25-20-19(17)16(10-11-24-20)15-4-2-3-5-18(15)26-22/h2-12,26H,23H2,1H3,(H,24,25). The highest BCUT2D eigenvalue weighted by atomic mass is 16.5. The first-order valence-electron chi connectivity index (χ1n) is 8.94. The van der Waals surface area contributed by atoms with Crippen LogP contribution in [0.2, 0.25) is 0 Å². The molecule has 6 nitrogen and oxygen atoms in total. The van der Waals surface area contributed by atoms with Gasteiger partial charge in [-0.25, -0.2) is 9.78 Å². The molecule has 4 N–H and O–H groups in total. The summed E-state index contributed by atoms with van der Waals surface area (Å²) in [6.45, 7) is 0. The number of aromatic amines is 1. The number of hydrogen-bond acceptors (Lipinski definition) is 5. The monoisotopic (exact) mass is 370 g/mol. The lowest BCUT2D eigenvalue weighted by Crippen LogP contribution is -2.45. The Morgan fingerprint density at radius 2 is 1.86 bits per heavy atom. The average molecular weight is 370 g/mol. The van der Waals surface area contributed by atoms with Crippen molar-refractivity contribution in [3.05, 3.63) is 78.1 Å². The highest BCUT2D eigenvalue weighted by Gasteiger charge is 2.47. The third-order valence-corrected chi connectivity index (χ3v) is 5.35. The minimum atomic E-state index is -1.24. The number of para-hydroxylation sites is 1. The predicted molar refractivity (Wildman–Crippen MR) is 109 cm³/mol. The van der Waals surface area contributed by atoms with Crippen molar-refractivity contribution in [3.8, 4) is 11.1 Å². The molecule has 0 fully saturated rings. The van der Waals surface area contributed by atoms with Gasteiger partial charge in [0.1, 0.15) is 5.65 Å². The van der Waals surface area contributed by atoms with E-state index in [-0.39, 0.29) is 0 Å². The van der Waals surface area contributed by atoms with E-state index in [4.69, 9.17) is 10.5 Å². The summed E-state index contributed by atoms with van der Waals surface area (Å²) >= 11 is 0. The second-order valence-electron chi connectivity index (χ2n) is 6.82. The molecule has 5 rings (SSSR count). The number of carbonyl (C=O) groups excluding carboxylic acids is 1. The average Bonchev–Trinajstić information content (AvgIpc) is 3.12. The molecule has 1 atom stereocenters. The third kappa shape index (κ3) is 2.08. The Labute approximate surface area is 161 Å². The molecule has 4 aromatic rings. The van der Waals surface area contributed by atoms with E-state index >= 15 is 0 Å². The normalized spacial score (nSPS) is 17.5. The lowest BCUT2D eigenvalue weighted by Gasteiger charge is -2.33. The minimum Gasteiger partial charge on any atom is -0.467 e. The molecule has 0 saturated carbocycles. The van der Waals surface area contributed by atoms with Crippen molar-refractivity contribution in [2.45, 2.75) is 5.54 Å². The van der Waals surface area contributed by atoms with Gasteiger partial charge >= 0.3 is 5.97 Å². The molecule has 0 amide bonds. The summed E-state index contributed by atoms with van der Waals surface area (Å²) in [5.41, 5.74) is 10.3. The topological polar surface area (TPSA) is 93.0 Å². The lowest BCUT2D eigenvalue weighted by molar-refractivity contribution is -0.144.